The summed E-state index contributed by atoms with van der Waals surface area (Å²) in [5.41, 5.74) is 12.3. The van der Waals surface area contributed by atoms with E-state index in [-0.39, 0.29) is 37.3 Å². The van der Waals surface area contributed by atoms with Crippen molar-refractivity contribution in [3.8, 4) is 40.0 Å². The van der Waals surface area contributed by atoms with E-state index in [1.165, 1.54) is 16.7 Å². The molecule has 9 aromatic rings. The smallest absolute Gasteiger partial charge is 0.144 e. The molecular weight excluding hydrogens is 978 g/mol. The molecule has 3 aromatic heterocycles. The molecule has 0 saturated heterocycles. The first-order valence-electron chi connectivity index (χ1n) is 22.1. The summed E-state index contributed by atoms with van der Waals surface area (Å²) in [5, 5.41) is 2.24. The third kappa shape index (κ3) is 8.27. The van der Waals surface area contributed by atoms with E-state index in [0.29, 0.717) is 17.5 Å². The zero-order valence-corrected chi connectivity index (χ0v) is 40.7. The third-order valence-electron chi connectivity index (χ3n) is 12.2. The first-order valence-corrected chi connectivity index (χ1v) is 22.1. The Morgan fingerprint density at radius 3 is 1.77 bits per heavy atom. The number of fused-ring (bicyclic) bond motifs is 4. The molecule has 6 aromatic carbocycles. The van der Waals surface area contributed by atoms with E-state index in [1.54, 1.807) is 0 Å². The summed E-state index contributed by atoms with van der Waals surface area (Å²) in [6.45, 7) is 22.3. The van der Waals surface area contributed by atoms with Crippen molar-refractivity contribution < 1.29 is 21.1 Å². The summed E-state index contributed by atoms with van der Waals surface area (Å²) in [6.07, 6.45) is 1.91. The van der Waals surface area contributed by atoms with Crippen LogP contribution < -0.4 is 9.80 Å². The number of anilines is 4. The second-order valence-electron chi connectivity index (χ2n) is 19.9. The maximum atomic E-state index is 5.21. The largest absolute Gasteiger partial charge is 0.488 e. The van der Waals surface area contributed by atoms with Crippen molar-refractivity contribution in [2.45, 2.75) is 78.6 Å². The zero-order valence-electron chi connectivity index (χ0n) is 38.4. The topological polar surface area (TPSA) is 63.0 Å². The quantitative estimate of drug-likeness (QED) is 0.155. The molecular formula is C57H52N7Pt-3. The SMILES string of the molecule is CC(C)(C)c1ccc(N2[CH-]N(c3[c-]c(-c4nc(-c5[c-]c6c(cc5)c5cc(C(C)(C)C)ccc5n6-c5cc(C(C)(C)C)ccn5)nc(-c5ccccc5)n4)ccc3)c3ccccc32)cc1.[Pt]. The van der Waals surface area contributed by atoms with Gasteiger partial charge in [0.25, 0.3) is 0 Å². The second kappa shape index (κ2) is 16.5. The summed E-state index contributed by atoms with van der Waals surface area (Å²) >= 11 is 0. The number of nitrogens with zero attached hydrogens (tertiary/aromatic N) is 7. The van der Waals surface area contributed by atoms with Gasteiger partial charge in [-0.25, -0.2) is 4.98 Å². The number of aromatic nitrogens is 5. The molecule has 0 aliphatic carbocycles. The number of pyridine rings is 1. The monoisotopic (exact) mass is 1030 g/mol. The molecule has 1 aliphatic heterocycles. The van der Waals surface area contributed by atoms with Gasteiger partial charge in [-0.3, -0.25) is 9.97 Å². The van der Waals surface area contributed by atoms with E-state index in [1.807, 2.05) is 48.7 Å². The Morgan fingerprint density at radius 1 is 0.492 bits per heavy atom. The molecule has 0 atom stereocenters. The normalized spacial score (nSPS) is 13.1. The fraction of sp³-hybridized carbons (Fsp3) is 0.211. The first kappa shape index (κ1) is 43.8. The Labute approximate surface area is 397 Å². The molecule has 0 unspecified atom stereocenters. The first-order chi connectivity index (χ1) is 30.6. The fourth-order valence-corrected chi connectivity index (χ4v) is 8.48. The van der Waals surface area contributed by atoms with Gasteiger partial charge in [0, 0.05) is 55.4 Å². The minimum atomic E-state index is -0.0535. The number of hydrogen-bond acceptors (Lipinski definition) is 6. The van der Waals surface area contributed by atoms with Gasteiger partial charge in [0.2, 0.25) is 0 Å². The van der Waals surface area contributed by atoms with Crippen LogP contribution in [0, 0.1) is 18.8 Å². The van der Waals surface area contributed by atoms with Crippen LogP contribution in [0.25, 0.3) is 61.8 Å². The molecule has 65 heavy (non-hydrogen) atoms. The van der Waals surface area contributed by atoms with Crippen LogP contribution in [0.4, 0.5) is 22.7 Å². The van der Waals surface area contributed by atoms with E-state index >= 15 is 0 Å². The summed E-state index contributed by atoms with van der Waals surface area (Å²) < 4.78 is 2.24. The minimum Gasteiger partial charge on any atom is -0.488 e. The van der Waals surface area contributed by atoms with E-state index in [2.05, 4.69) is 193 Å². The maximum Gasteiger partial charge on any atom is 0.144 e. The van der Waals surface area contributed by atoms with Crippen LogP contribution in [-0.4, -0.2) is 24.5 Å². The number of hydrogen-bond donors (Lipinski definition) is 0. The Balaban J connectivity index is 0.00000533. The molecule has 0 saturated carbocycles. The van der Waals surface area contributed by atoms with Crippen molar-refractivity contribution in [3.63, 3.8) is 0 Å². The molecule has 0 spiro atoms. The zero-order chi connectivity index (χ0) is 44.5. The molecule has 0 amide bonds. The van der Waals surface area contributed by atoms with Gasteiger partial charge in [-0.2, -0.15) is 0 Å². The van der Waals surface area contributed by atoms with Crippen LogP contribution in [-0.2, 0) is 37.3 Å². The van der Waals surface area contributed by atoms with Crippen LogP contribution in [0.15, 0.2) is 146 Å². The molecule has 0 fully saturated rings. The molecule has 8 heteroatoms. The van der Waals surface area contributed by atoms with Crippen LogP contribution in [0.2, 0.25) is 0 Å². The van der Waals surface area contributed by atoms with Crippen molar-refractivity contribution in [1.82, 2.24) is 24.5 Å². The van der Waals surface area contributed by atoms with Crippen molar-refractivity contribution in [1.29, 1.82) is 0 Å². The molecule has 0 radical (unpaired) electrons. The Morgan fingerprint density at radius 2 is 1.09 bits per heavy atom. The standard InChI is InChI=1S/C57H52N7.Pt/c1-55(2,3)40-23-26-43(27-24-40)62-36-63(49-21-14-13-20-48(49)62)44-19-15-18-38(32-44)53-59-52(37-16-11-10-12-17-37)60-54(61-53)39-22-28-45-46-34-41(56(4,5)6)25-29-47(46)64(50(45)33-39)51-35-42(30-31-58-51)57(7,8)9;/h10-31,34-36H,1-9H3;/q-3;. The summed E-state index contributed by atoms with van der Waals surface area (Å²) in [6, 6.07) is 56.4. The van der Waals surface area contributed by atoms with Crippen molar-refractivity contribution in [3.05, 3.63) is 181 Å². The molecule has 7 nitrogen and oxygen atoms in total. The molecule has 10 rings (SSSR count). The average molecular weight is 1030 g/mol. The van der Waals surface area contributed by atoms with Gasteiger partial charge in [-0.15, -0.1) is 60.3 Å². The van der Waals surface area contributed by atoms with Crippen LogP contribution in [0.5, 0.6) is 0 Å². The Kier molecular flexibility index (Phi) is 11.1. The van der Waals surface area contributed by atoms with Crippen molar-refractivity contribution in [2.24, 2.45) is 0 Å². The van der Waals surface area contributed by atoms with E-state index in [0.717, 1.165) is 67.1 Å². The Bertz CT molecular complexity index is 3210. The van der Waals surface area contributed by atoms with Gasteiger partial charge in [0.05, 0.1) is 11.6 Å². The summed E-state index contributed by atoms with van der Waals surface area (Å²) in [5.74, 6) is 2.47. The minimum absolute atomic E-state index is 0. The van der Waals surface area contributed by atoms with Crippen LogP contribution in [0.3, 0.4) is 0 Å². The van der Waals surface area contributed by atoms with Gasteiger partial charge < -0.3 is 19.4 Å². The average Bonchev–Trinajstić information content (AvgIpc) is 3.84. The molecule has 0 bridgehead atoms. The van der Waals surface area contributed by atoms with Gasteiger partial charge in [0.1, 0.15) is 11.6 Å². The second-order valence-corrected chi connectivity index (χ2v) is 19.9. The van der Waals surface area contributed by atoms with E-state index in [9.17, 15) is 0 Å². The third-order valence-corrected chi connectivity index (χ3v) is 12.2. The molecule has 1 aliphatic rings. The van der Waals surface area contributed by atoms with E-state index < -0.39 is 0 Å². The van der Waals surface area contributed by atoms with Gasteiger partial charge in [-0.05, 0) is 86.3 Å². The number of rotatable bonds is 6. The number of para-hydroxylation sites is 2. The number of benzene rings is 6. The van der Waals surface area contributed by atoms with Gasteiger partial charge in [-0.1, -0.05) is 140 Å². The van der Waals surface area contributed by atoms with Gasteiger partial charge >= 0.3 is 0 Å². The maximum absolute atomic E-state index is 5.21. The van der Waals surface area contributed by atoms with E-state index in [4.69, 9.17) is 19.9 Å². The molecule has 328 valence electrons. The summed E-state index contributed by atoms with van der Waals surface area (Å²) in [4.78, 5) is 24.8. The predicted octanol–water partition coefficient (Wildman–Crippen LogP) is 14.3. The molecule has 4 heterocycles. The van der Waals surface area contributed by atoms with Crippen molar-refractivity contribution >= 4 is 44.6 Å². The summed E-state index contributed by atoms with van der Waals surface area (Å²) in [7, 11) is 0. The fourth-order valence-electron chi connectivity index (χ4n) is 8.48. The predicted molar refractivity (Wildman–Crippen MR) is 264 cm³/mol. The van der Waals surface area contributed by atoms with Gasteiger partial charge in [0.15, 0.2) is 0 Å². The molecule has 0 N–H and O–H groups in total. The van der Waals surface area contributed by atoms with Crippen molar-refractivity contribution in [2.75, 3.05) is 9.80 Å². The van der Waals surface area contributed by atoms with Crippen LogP contribution in [0.1, 0.15) is 79.0 Å². The Hall–Kier alpha value is -6.43. The van der Waals surface area contributed by atoms with Crippen LogP contribution >= 0.6 is 0 Å².